The molecule has 0 aliphatic carbocycles. The summed E-state index contributed by atoms with van der Waals surface area (Å²) in [6, 6.07) is 17.7. The fourth-order valence-corrected chi connectivity index (χ4v) is 4.73. The highest BCUT2D eigenvalue weighted by atomic mass is 16.7. The number of aryl methyl sites for hydroxylation is 2. The topological polar surface area (TPSA) is 183 Å². The van der Waals surface area contributed by atoms with Crippen molar-refractivity contribution in [2.45, 2.75) is 62.8 Å². The number of carbonyl (C=O) groups excluding carboxylic acids is 2. The van der Waals surface area contributed by atoms with E-state index >= 15 is 0 Å². The number of hydrogen-bond donors (Lipinski definition) is 6. The molecule has 5 unspecified atom stereocenters. The number of carbonyl (C=O) groups is 2. The molecule has 3 aromatic carbocycles. The van der Waals surface area contributed by atoms with Gasteiger partial charge in [0, 0.05) is 18.9 Å². The summed E-state index contributed by atoms with van der Waals surface area (Å²) in [4.78, 5) is 25.7. The number of rotatable bonds is 13. The minimum absolute atomic E-state index is 0.0821. The van der Waals surface area contributed by atoms with Gasteiger partial charge in [-0.3, -0.25) is 4.79 Å². The van der Waals surface area contributed by atoms with Crippen molar-refractivity contribution in [1.29, 1.82) is 0 Å². The van der Waals surface area contributed by atoms with Gasteiger partial charge in [0.25, 0.3) is 0 Å². The lowest BCUT2D eigenvalue weighted by Crippen LogP contribution is -2.56. The largest absolute Gasteiger partial charge is 0.504 e. The maximum atomic E-state index is 13.0. The van der Waals surface area contributed by atoms with Gasteiger partial charge >= 0.3 is 5.97 Å². The predicted molar refractivity (Wildman–Crippen MR) is 158 cm³/mol. The quantitative estimate of drug-likeness (QED) is 0.0952. The number of ether oxygens (including phenoxy) is 3. The second-order valence-electron chi connectivity index (χ2n) is 10.6. The van der Waals surface area contributed by atoms with Crippen LogP contribution in [0.15, 0.2) is 72.8 Å². The molecule has 1 aliphatic heterocycles. The summed E-state index contributed by atoms with van der Waals surface area (Å²) in [5.74, 6) is -2.11. The number of aromatic hydroxyl groups is 4. The summed E-state index contributed by atoms with van der Waals surface area (Å²) in [6.45, 7) is -0.295. The van der Waals surface area contributed by atoms with Crippen LogP contribution in [0.3, 0.4) is 0 Å². The van der Waals surface area contributed by atoms with E-state index in [4.69, 9.17) is 14.2 Å². The van der Waals surface area contributed by atoms with E-state index in [1.165, 1.54) is 36.4 Å². The number of benzene rings is 3. The third-order valence-electron chi connectivity index (χ3n) is 7.20. The zero-order valence-corrected chi connectivity index (χ0v) is 23.9. The molecule has 6 N–H and O–H groups in total. The minimum Gasteiger partial charge on any atom is -0.504 e. The number of aliphatic hydroxyl groups is 2. The first kappa shape index (κ1) is 32.5. The Kier molecular flexibility index (Phi) is 11.3. The Labute approximate surface area is 254 Å². The Balaban J connectivity index is 1.46. The summed E-state index contributed by atoms with van der Waals surface area (Å²) < 4.78 is 17.2. The lowest BCUT2D eigenvalue weighted by atomic mass is 9.99. The lowest BCUT2D eigenvalue weighted by molar-refractivity contribution is -0.286. The summed E-state index contributed by atoms with van der Waals surface area (Å²) in [5, 5.41) is 59.7. The zero-order chi connectivity index (χ0) is 31.6. The molecule has 1 heterocycles. The first-order valence-electron chi connectivity index (χ1n) is 14.2. The predicted octanol–water partition coefficient (Wildman–Crippen LogP) is 3.12. The highest BCUT2D eigenvalue weighted by Gasteiger charge is 2.43. The summed E-state index contributed by atoms with van der Waals surface area (Å²) in [5.41, 5.74) is 2.06. The number of phenols is 4. The third-order valence-corrected chi connectivity index (χ3v) is 7.20. The van der Waals surface area contributed by atoms with Gasteiger partial charge in [-0.25, -0.2) is 4.79 Å². The van der Waals surface area contributed by atoms with Crippen molar-refractivity contribution in [1.82, 2.24) is 0 Å². The van der Waals surface area contributed by atoms with Crippen molar-refractivity contribution in [3.8, 4) is 23.0 Å². The Morgan fingerprint density at radius 1 is 0.864 bits per heavy atom. The highest BCUT2D eigenvalue weighted by Crippen LogP contribution is 2.28. The molecule has 1 saturated heterocycles. The molecule has 11 heteroatoms. The van der Waals surface area contributed by atoms with Gasteiger partial charge in [-0.05, 0) is 66.3 Å². The lowest BCUT2D eigenvalue weighted by Gasteiger charge is -2.38. The van der Waals surface area contributed by atoms with Gasteiger partial charge in [-0.15, -0.1) is 0 Å². The molecule has 0 saturated carbocycles. The molecule has 234 valence electrons. The molecule has 0 aromatic heterocycles. The monoisotopic (exact) mass is 608 g/mol. The summed E-state index contributed by atoms with van der Waals surface area (Å²) >= 11 is 0. The Morgan fingerprint density at radius 2 is 1.50 bits per heavy atom. The molecular formula is C33H36O11. The number of phenolic OH excluding ortho intramolecular Hbond substituents is 4. The number of hydrogen-bond acceptors (Lipinski definition) is 11. The van der Waals surface area contributed by atoms with Crippen molar-refractivity contribution in [2.75, 3.05) is 6.61 Å². The standard InChI is InChI=1S/C33H36O11/c34-23(11-6-21-8-13-25(35)27(37)16-21)18-24(12-7-22-9-14-26(36)28(38)17-22)43-33-32(31(41)29(39)19-42-33)44-30(40)15-10-20-4-2-1-3-5-20/h1-5,8-10,13-17,24,29,31-33,35-39,41H,6-7,11-12,18-19H2. The van der Waals surface area contributed by atoms with Crippen molar-refractivity contribution >= 4 is 17.8 Å². The summed E-state index contributed by atoms with van der Waals surface area (Å²) in [6.07, 6.45) is -2.74. The molecule has 5 atom stereocenters. The van der Waals surface area contributed by atoms with Gasteiger partial charge in [0.1, 0.15) is 18.0 Å². The van der Waals surface area contributed by atoms with Gasteiger partial charge < -0.3 is 44.8 Å². The first-order chi connectivity index (χ1) is 21.1. The number of Topliss-reactive ketones (excluding diaryl/α,β-unsaturated/α-hetero) is 1. The van der Waals surface area contributed by atoms with Crippen LogP contribution >= 0.6 is 0 Å². The molecule has 0 spiro atoms. The first-order valence-corrected chi connectivity index (χ1v) is 14.2. The van der Waals surface area contributed by atoms with Gasteiger partial charge in [0.2, 0.25) is 0 Å². The van der Waals surface area contributed by atoms with Crippen LogP contribution in [0.1, 0.15) is 36.0 Å². The van der Waals surface area contributed by atoms with Crippen LogP contribution in [0.25, 0.3) is 6.08 Å². The van der Waals surface area contributed by atoms with Crippen LogP contribution in [0, 0.1) is 0 Å². The maximum absolute atomic E-state index is 13.0. The van der Waals surface area contributed by atoms with Crippen LogP contribution in [-0.2, 0) is 36.6 Å². The van der Waals surface area contributed by atoms with Crippen molar-refractivity contribution in [3.63, 3.8) is 0 Å². The molecule has 44 heavy (non-hydrogen) atoms. The van der Waals surface area contributed by atoms with E-state index in [1.807, 2.05) is 6.07 Å². The van der Waals surface area contributed by atoms with Crippen molar-refractivity contribution in [3.05, 3.63) is 89.5 Å². The maximum Gasteiger partial charge on any atom is 0.331 e. The van der Waals surface area contributed by atoms with E-state index in [0.29, 0.717) is 24.0 Å². The molecular weight excluding hydrogens is 572 g/mol. The van der Waals surface area contributed by atoms with E-state index in [-0.39, 0.29) is 54.7 Å². The molecule has 3 aromatic rings. The van der Waals surface area contributed by atoms with Gasteiger partial charge in [0.05, 0.1) is 12.7 Å². The van der Waals surface area contributed by atoms with Crippen LogP contribution in [-0.4, -0.2) is 79.7 Å². The highest BCUT2D eigenvalue weighted by molar-refractivity contribution is 5.87. The van der Waals surface area contributed by atoms with E-state index in [1.54, 1.807) is 36.4 Å². The molecule has 11 nitrogen and oxygen atoms in total. The smallest absolute Gasteiger partial charge is 0.331 e. The molecule has 1 fully saturated rings. The molecule has 0 amide bonds. The zero-order valence-electron chi connectivity index (χ0n) is 23.9. The van der Waals surface area contributed by atoms with E-state index in [0.717, 1.165) is 5.56 Å². The minimum atomic E-state index is -1.52. The Hall–Kier alpha value is -4.42. The second-order valence-corrected chi connectivity index (χ2v) is 10.6. The average Bonchev–Trinajstić information content (AvgIpc) is 3.01. The van der Waals surface area contributed by atoms with Gasteiger partial charge in [0.15, 0.2) is 35.4 Å². The van der Waals surface area contributed by atoms with E-state index < -0.39 is 36.7 Å². The SMILES string of the molecule is O=C(CCc1ccc(O)c(O)c1)CC(CCc1ccc(O)c(O)c1)OC1OCC(O)C(O)C1OC(=O)C=Cc1ccccc1. The average molecular weight is 609 g/mol. The van der Waals surface area contributed by atoms with E-state index in [9.17, 15) is 40.2 Å². The fraction of sp³-hybridized carbons (Fsp3) is 0.333. The van der Waals surface area contributed by atoms with Crippen molar-refractivity contribution < 1.29 is 54.4 Å². The van der Waals surface area contributed by atoms with Gasteiger partial charge in [-0.1, -0.05) is 42.5 Å². The number of aliphatic hydroxyl groups excluding tert-OH is 2. The summed E-state index contributed by atoms with van der Waals surface area (Å²) in [7, 11) is 0. The Morgan fingerprint density at radius 3 is 2.14 bits per heavy atom. The van der Waals surface area contributed by atoms with E-state index in [2.05, 4.69) is 0 Å². The van der Waals surface area contributed by atoms with Gasteiger partial charge in [-0.2, -0.15) is 0 Å². The van der Waals surface area contributed by atoms with Crippen molar-refractivity contribution in [2.24, 2.45) is 0 Å². The molecule has 0 radical (unpaired) electrons. The normalized spacial score (nSPS) is 20.8. The molecule has 0 bridgehead atoms. The second kappa shape index (κ2) is 15.3. The Bertz CT molecular complexity index is 1440. The number of esters is 1. The van der Waals surface area contributed by atoms with Crippen LogP contribution in [0.4, 0.5) is 0 Å². The third kappa shape index (κ3) is 9.29. The van der Waals surface area contributed by atoms with Crippen LogP contribution in [0.5, 0.6) is 23.0 Å². The molecule has 4 rings (SSSR count). The van der Waals surface area contributed by atoms with Crippen LogP contribution < -0.4 is 0 Å². The molecule has 1 aliphatic rings. The van der Waals surface area contributed by atoms with Crippen LogP contribution in [0.2, 0.25) is 0 Å². The number of ketones is 1. The fourth-order valence-electron chi connectivity index (χ4n) is 4.73.